The number of carbonyl (C=O) groups is 1. The number of hydrogen-bond donors (Lipinski definition) is 1. The van der Waals surface area contributed by atoms with Gasteiger partial charge in [0.05, 0.1) is 6.54 Å². The van der Waals surface area contributed by atoms with Gasteiger partial charge >= 0.3 is 0 Å². The molecule has 8 heteroatoms. The molecule has 7 nitrogen and oxygen atoms in total. The minimum absolute atomic E-state index is 0. The number of piperazine rings is 1. The lowest BCUT2D eigenvalue weighted by atomic mass is 9.97. The van der Waals surface area contributed by atoms with Crippen molar-refractivity contribution in [3.05, 3.63) is 0 Å². The van der Waals surface area contributed by atoms with Crippen LogP contribution in [0.3, 0.4) is 0 Å². The highest BCUT2D eigenvalue weighted by Crippen LogP contribution is 2.18. The number of guanidine groups is 1. The number of rotatable bonds is 7. The first-order valence-corrected chi connectivity index (χ1v) is 12.8. The molecule has 0 saturated carbocycles. The van der Waals surface area contributed by atoms with E-state index in [1.165, 1.54) is 38.9 Å². The van der Waals surface area contributed by atoms with Gasteiger partial charge in [-0.15, -0.1) is 24.0 Å². The Morgan fingerprint density at radius 2 is 1.66 bits per heavy atom. The topological polar surface area (TPSA) is 54.4 Å². The normalized spacial score (nSPS) is 23.9. The van der Waals surface area contributed by atoms with Gasteiger partial charge in [-0.25, -0.2) is 0 Å². The molecule has 3 aliphatic heterocycles. The van der Waals surface area contributed by atoms with Crippen molar-refractivity contribution in [2.45, 2.75) is 52.9 Å². The van der Waals surface area contributed by atoms with Gasteiger partial charge in [0.15, 0.2) is 5.96 Å². The van der Waals surface area contributed by atoms with Crippen LogP contribution in [0.15, 0.2) is 4.99 Å². The number of halogens is 1. The van der Waals surface area contributed by atoms with E-state index in [0.717, 1.165) is 77.1 Å². The Morgan fingerprint density at radius 1 is 0.938 bits per heavy atom. The largest absolute Gasteiger partial charge is 0.357 e. The van der Waals surface area contributed by atoms with Gasteiger partial charge in [-0.1, -0.05) is 13.8 Å². The van der Waals surface area contributed by atoms with Gasteiger partial charge in [-0.2, -0.15) is 0 Å². The molecule has 1 N–H and O–H groups in total. The highest BCUT2D eigenvalue weighted by atomic mass is 127. The standard InChI is InChI=1S/C24H46N6O.HI/c1-4-25-24(26-17-22-9-8-10-28(19-22)18-21(2)3)30-15-13-27(14-16-30)20-23(31)29-11-6-5-7-12-29;/h21-22H,4-20H2,1-3H3,(H,25,26);1H. The van der Waals surface area contributed by atoms with E-state index >= 15 is 0 Å². The van der Waals surface area contributed by atoms with Crippen LogP contribution in [0.5, 0.6) is 0 Å². The maximum absolute atomic E-state index is 12.6. The van der Waals surface area contributed by atoms with Crippen molar-refractivity contribution >= 4 is 35.8 Å². The Balaban J connectivity index is 0.00000363. The van der Waals surface area contributed by atoms with Crippen molar-refractivity contribution in [1.29, 1.82) is 0 Å². The lowest BCUT2D eigenvalue weighted by Gasteiger charge is -2.38. The number of nitrogens with one attached hydrogen (secondary N) is 1. The molecule has 186 valence electrons. The predicted octanol–water partition coefficient (Wildman–Crippen LogP) is 2.57. The molecule has 0 aromatic rings. The van der Waals surface area contributed by atoms with Gasteiger partial charge in [-0.05, 0) is 57.4 Å². The number of carbonyl (C=O) groups excluding carboxylic acids is 1. The Bertz CT molecular complexity index is 573. The fraction of sp³-hybridized carbons (Fsp3) is 0.917. The van der Waals surface area contributed by atoms with Gasteiger partial charge in [-0.3, -0.25) is 14.7 Å². The summed E-state index contributed by atoms with van der Waals surface area (Å²) < 4.78 is 0. The summed E-state index contributed by atoms with van der Waals surface area (Å²) in [6.07, 6.45) is 6.19. The number of nitrogens with zero attached hydrogens (tertiary/aromatic N) is 5. The molecular formula is C24H47IN6O. The fourth-order valence-corrected chi connectivity index (χ4v) is 5.18. The maximum atomic E-state index is 12.6. The average Bonchev–Trinajstić information content (AvgIpc) is 2.77. The molecule has 3 rings (SSSR count). The molecule has 1 amide bonds. The zero-order valence-electron chi connectivity index (χ0n) is 20.7. The van der Waals surface area contributed by atoms with E-state index in [1.807, 2.05) is 0 Å². The van der Waals surface area contributed by atoms with E-state index in [-0.39, 0.29) is 24.0 Å². The van der Waals surface area contributed by atoms with Crippen LogP contribution < -0.4 is 5.32 Å². The molecule has 0 spiro atoms. The molecule has 0 aromatic carbocycles. The van der Waals surface area contributed by atoms with Gasteiger partial charge in [0, 0.05) is 65.4 Å². The maximum Gasteiger partial charge on any atom is 0.236 e. The quantitative estimate of drug-likeness (QED) is 0.294. The third kappa shape index (κ3) is 8.97. The van der Waals surface area contributed by atoms with Crippen LogP contribution in [-0.4, -0.2) is 110 Å². The number of piperidine rings is 2. The molecule has 0 radical (unpaired) electrons. The first kappa shape index (κ1) is 27.6. The molecular weight excluding hydrogens is 515 g/mol. The van der Waals surface area contributed by atoms with Gasteiger partial charge in [0.25, 0.3) is 0 Å². The van der Waals surface area contributed by atoms with Gasteiger partial charge in [0.1, 0.15) is 0 Å². The Labute approximate surface area is 213 Å². The molecule has 3 heterocycles. The summed E-state index contributed by atoms with van der Waals surface area (Å²) in [4.78, 5) is 27.0. The lowest BCUT2D eigenvalue weighted by Crippen LogP contribution is -2.54. The minimum Gasteiger partial charge on any atom is -0.357 e. The Hall–Kier alpha value is -0.610. The number of hydrogen-bond acceptors (Lipinski definition) is 4. The zero-order valence-corrected chi connectivity index (χ0v) is 23.1. The van der Waals surface area contributed by atoms with Gasteiger partial charge < -0.3 is 20.0 Å². The summed E-state index contributed by atoms with van der Waals surface area (Å²) in [5, 5.41) is 3.51. The Morgan fingerprint density at radius 3 is 2.31 bits per heavy atom. The SMILES string of the molecule is CCNC(=NCC1CCCN(CC(C)C)C1)N1CCN(CC(=O)N2CCCCC2)CC1.I. The van der Waals surface area contributed by atoms with E-state index in [2.05, 4.69) is 45.7 Å². The molecule has 0 aliphatic carbocycles. The molecule has 0 bridgehead atoms. The van der Waals surface area contributed by atoms with Crippen LogP contribution in [0.1, 0.15) is 52.9 Å². The van der Waals surface area contributed by atoms with Crippen molar-refractivity contribution in [2.75, 3.05) is 78.5 Å². The van der Waals surface area contributed by atoms with E-state index in [1.54, 1.807) is 0 Å². The highest BCUT2D eigenvalue weighted by Gasteiger charge is 2.25. The Kier molecular flexibility index (Phi) is 12.6. The van der Waals surface area contributed by atoms with Crippen LogP contribution in [0.2, 0.25) is 0 Å². The molecule has 1 atom stereocenters. The first-order chi connectivity index (χ1) is 15.0. The number of likely N-dealkylation sites (tertiary alicyclic amines) is 2. The van der Waals surface area contributed by atoms with Gasteiger partial charge in [0.2, 0.25) is 5.91 Å². The molecule has 1 unspecified atom stereocenters. The van der Waals surface area contributed by atoms with Crippen LogP contribution >= 0.6 is 24.0 Å². The number of amides is 1. The second-order valence-corrected chi connectivity index (χ2v) is 10.1. The van der Waals surface area contributed by atoms with E-state index < -0.39 is 0 Å². The monoisotopic (exact) mass is 562 g/mol. The predicted molar refractivity (Wildman–Crippen MR) is 144 cm³/mol. The van der Waals surface area contributed by atoms with Crippen LogP contribution in [0.4, 0.5) is 0 Å². The summed E-state index contributed by atoms with van der Waals surface area (Å²) in [6.45, 7) is 18.5. The van der Waals surface area contributed by atoms with Crippen molar-refractivity contribution < 1.29 is 4.79 Å². The zero-order chi connectivity index (χ0) is 22.1. The minimum atomic E-state index is 0. The molecule has 3 aliphatic rings. The number of aliphatic imine (C=N–C) groups is 1. The summed E-state index contributed by atoms with van der Waals surface area (Å²) in [5.41, 5.74) is 0. The van der Waals surface area contributed by atoms with Crippen molar-refractivity contribution in [2.24, 2.45) is 16.8 Å². The van der Waals surface area contributed by atoms with Crippen molar-refractivity contribution in [1.82, 2.24) is 24.9 Å². The van der Waals surface area contributed by atoms with Crippen LogP contribution in [0, 0.1) is 11.8 Å². The molecule has 32 heavy (non-hydrogen) atoms. The second-order valence-electron chi connectivity index (χ2n) is 10.1. The smallest absolute Gasteiger partial charge is 0.236 e. The van der Waals surface area contributed by atoms with E-state index in [0.29, 0.717) is 18.4 Å². The third-order valence-corrected chi connectivity index (χ3v) is 6.80. The third-order valence-electron chi connectivity index (χ3n) is 6.80. The van der Waals surface area contributed by atoms with Crippen LogP contribution in [-0.2, 0) is 4.79 Å². The average molecular weight is 563 g/mol. The fourth-order valence-electron chi connectivity index (χ4n) is 5.18. The summed E-state index contributed by atoms with van der Waals surface area (Å²) in [6, 6.07) is 0. The first-order valence-electron chi connectivity index (χ1n) is 12.8. The summed E-state index contributed by atoms with van der Waals surface area (Å²) in [5.74, 6) is 2.78. The summed E-state index contributed by atoms with van der Waals surface area (Å²) in [7, 11) is 0. The second kappa shape index (κ2) is 14.6. The van der Waals surface area contributed by atoms with E-state index in [9.17, 15) is 4.79 Å². The van der Waals surface area contributed by atoms with Crippen molar-refractivity contribution in [3.8, 4) is 0 Å². The van der Waals surface area contributed by atoms with Crippen molar-refractivity contribution in [3.63, 3.8) is 0 Å². The lowest BCUT2D eigenvalue weighted by molar-refractivity contribution is -0.133. The summed E-state index contributed by atoms with van der Waals surface area (Å²) >= 11 is 0. The molecule has 0 aromatic heterocycles. The molecule has 3 fully saturated rings. The van der Waals surface area contributed by atoms with E-state index in [4.69, 9.17) is 4.99 Å². The van der Waals surface area contributed by atoms with Crippen LogP contribution in [0.25, 0.3) is 0 Å². The molecule has 3 saturated heterocycles. The highest BCUT2D eigenvalue weighted by molar-refractivity contribution is 14.0.